The third-order valence-electron chi connectivity index (χ3n) is 4.32. The Morgan fingerprint density at radius 3 is 3.06 bits per heavy atom. The van der Waals surface area contributed by atoms with Crippen molar-refractivity contribution >= 4 is 17.3 Å². The summed E-state index contributed by atoms with van der Waals surface area (Å²) in [7, 11) is 0. The first-order valence-corrected chi connectivity index (χ1v) is 6.29. The van der Waals surface area contributed by atoms with Crippen molar-refractivity contribution in [2.75, 3.05) is 10.6 Å². The number of anilines is 2. The highest BCUT2D eigenvalue weighted by molar-refractivity contribution is 6.01. The summed E-state index contributed by atoms with van der Waals surface area (Å²) in [5.74, 6) is 0.167. The lowest BCUT2D eigenvalue weighted by Gasteiger charge is -2.27. The largest absolute Gasteiger partial charge is 0.380 e. The van der Waals surface area contributed by atoms with Crippen molar-refractivity contribution in [2.24, 2.45) is 5.41 Å². The third-order valence-corrected chi connectivity index (χ3v) is 4.32. The highest BCUT2D eigenvalue weighted by Gasteiger charge is 2.46. The predicted molar refractivity (Wildman–Crippen MR) is 69.2 cm³/mol. The van der Waals surface area contributed by atoms with Crippen LogP contribution in [0.1, 0.15) is 31.7 Å². The van der Waals surface area contributed by atoms with Gasteiger partial charge in [-0.15, -0.1) is 0 Å². The van der Waals surface area contributed by atoms with Gasteiger partial charge in [0.05, 0.1) is 16.8 Å². The summed E-state index contributed by atoms with van der Waals surface area (Å²) in [6, 6.07) is 6.38. The van der Waals surface area contributed by atoms with E-state index in [0.29, 0.717) is 0 Å². The lowest BCUT2D eigenvalue weighted by molar-refractivity contribution is -0.124. The molecule has 1 heterocycles. The molecule has 1 aliphatic carbocycles. The Balaban J connectivity index is 2.09. The van der Waals surface area contributed by atoms with Crippen LogP contribution in [0.2, 0.25) is 0 Å². The van der Waals surface area contributed by atoms with Gasteiger partial charge in [0.15, 0.2) is 0 Å². The second-order valence-electron chi connectivity index (χ2n) is 5.46. The van der Waals surface area contributed by atoms with Gasteiger partial charge in [-0.25, -0.2) is 0 Å². The number of hydrogen-bond donors (Lipinski definition) is 2. The fraction of sp³-hybridized carbons (Fsp3) is 0.500. The van der Waals surface area contributed by atoms with Gasteiger partial charge in [-0.05, 0) is 38.3 Å². The van der Waals surface area contributed by atoms with Gasteiger partial charge in [-0.3, -0.25) is 4.79 Å². The molecule has 0 spiro atoms. The van der Waals surface area contributed by atoms with Gasteiger partial charge in [0.1, 0.15) is 0 Å². The Morgan fingerprint density at radius 2 is 2.24 bits per heavy atom. The summed E-state index contributed by atoms with van der Waals surface area (Å²) in [5.41, 5.74) is 2.87. The van der Waals surface area contributed by atoms with E-state index in [0.717, 1.165) is 36.2 Å². The van der Waals surface area contributed by atoms with Crippen molar-refractivity contribution in [3.05, 3.63) is 23.8 Å². The molecule has 17 heavy (non-hydrogen) atoms. The number of aryl methyl sites for hydroxylation is 1. The summed E-state index contributed by atoms with van der Waals surface area (Å²) in [4.78, 5) is 12.4. The van der Waals surface area contributed by atoms with E-state index in [1.54, 1.807) is 0 Å². The van der Waals surface area contributed by atoms with Gasteiger partial charge in [0, 0.05) is 6.04 Å². The fourth-order valence-electron chi connectivity index (χ4n) is 3.07. The van der Waals surface area contributed by atoms with E-state index in [2.05, 4.69) is 17.6 Å². The van der Waals surface area contributed by atoms with Crippen LogP contribution < -0.4 is 10.6 Å². The standard InChI is InChI=1S/C14H18N2O/c1-9-5-3-6-10-12(9)16-13(17)14(2)8-4-7-11(14)15-10/h3,5-6,11,15H,4,7-8H2,1-2H3,(H,16,17). The van der Waals surface area contributed by atoms with Crippen LogP contribution in [-0.4, -0.2) is 11.9 Å². The van der Waals surface area contributed by atoms with Crippen LogP contribution in [0.25, 0.3) is 0 Å². The molecule has 0 aromatic heterocycles. The normalized spacial score (nSPS) is 30.9. The molecule has 2 N–H and O–H groups in total. The van der Waals surface area contributed by atoms with Gasteiger partial charge >= 0.3 is 0 Å². The molecule has 2 aliphatic rings. The summed E-state index contributed by atoms with van der Waals surface area (Å²) >= 11 is 0. The highest BCUT2D eigenvalue weighted by Crippen LogP contribution is 2.44. The highest BCUT2D eigenvalue weighted by atomic mass is 16.2. The molecule has 1 aromatic carbocycles. The Morgan fingerprint density at radius 1 is 1.41 bits per heavy atom. The Kier molecular flexibility index (Phi) is 2.18. The van der Waals surface area contributed by atoms with Crippen LogP contribution in [-0.2, 0) is 4.79 Å². The summed E-state index contributed by atoms with van der Waals surface area (Å²) in [5, 5.41) is 6.65. The molecular formula is C14H18N2O. The molecule has 1 saturated carbocycles. The van der Waals surface area contributed by atoms with Gasteiger partial charge in [0.25, 0.3) is 0 Å². The van der Waals surface area contributed by atoms with Crippen LogP contribution in [0.4, 0.5) is 11.4 Å². The molecule has 0 bridgehead atoms. The van der Waals surface area contributed by atoms with E-state index in [4.69, 9.17) is 0 Å². The molecular weight excluding hydrogens is 212 g/mol. The maximum Gasteiger partial charge on any atom is 0.232 e. The Bertz CT molecular complexity index is 483. The lowest BCUT2D eigenvalue weighted by Crippen LogP contribution is -2.41. The maximum atomic E-state index is 12.4. The minimum atomic E-state index is -0.258. The van der Waals surface area contributed by atoms with Gasteiger partial charge in [-0.2, -0.15) is 0 Å². The van der Waals surface area contributed by atoms with Gasteiger partial charge in [0.2, 0.25) is 5.91 Å². The third kappa shape index (κ3) is 1.45. The van der Waals surface area contributed by atoms with E-state index in [9.17, 15) is 4.79 Å². The average molecular weight is 230 g/mol. The number of carbonyl (C=O) groups excluding carboxylic acids is 1. The van der Waals surface area contributed by atoms with Crippen molar-refractivity contribution in [2.45, 2.75) is 39.2 Å². The van der Waals surface area contributed by atoms with Crippen LogP contribution in [0.5, 0.6) is 0 Å². The minimum Gasteiger partial charge on any atom is -0.380 e. The SMILES string of the molecule is Cc1cccc2c1NC(=O)C1(C)CCCC1N2. The predicted octanol–water partition coefficient (Wildman–Crippen LogP) is 2.92. The number of hydrogen-bond acceptors (Lipinski definition) is 2. The molecule has 2 unspecified atom stereocenters. The second-order valence-corrected chi connectivity index (χ2v) is 5.46. The molecule has 3 heteroatoms. The monoisotopic (exact) mass is 230 g/mol. The summed E-state index contributed by atoms with van der Waals surface area (Å²) in [6.45, 7) is 4.11. The maximum absolute atomic E-state index is 12.4. The number of amides is 1. The number of para-hydroxylation sites is 1. The zero-order valence-corrected chi connectivity index (χ0v) is 10.3. The summed E-state index contributed by atoms with van der Waals surface area (Å²) < 4.78 is 0. The topological polar surface area (TPSA) is 41.1 Å². The molecule has 1 aliphatic heterocycles. The van der Waals surface area contributed by atoms with Crippen LogP contribution in [0.3, 0.4) is 0 Å². The molecule has 90 valence electrons. The summed E-state index contributed by atoms with van der Waals surface area (Å²) in [6.07, 6.45) is 3.18. The second kappa shape index (κ2) is 3.49. The van der Waals surface area contributed by atoms with Crippen molar-refractivity contribution in [3.63, 3.8) is 0 Å². The smallest absolute Gasteiger partial charge is 0.232 e. The van der Waals surface area contributed by atoms with Gasteiger partial charge in [-0.1, -0.05) is 18.6 Å². The van der Waals surface area contributed by atoms with E-state index in [1.807, 2.05) is 25.1 Å². The minimum absolute atomic E-state index is 0.167. The number of carbonyl (C=O) groups is 1. The Labute approximate surface area is 102 Å². The molecule has 1 fully saturated rings. The molecule has 0 saturated heterocycles. The molecule has 1 amide bonds. The first kappa shape index (κ1) is 10.6. The van der Waals surface area contributed by atoms with Crippen molar-refractivity contribution < 1.29 is 4.79 Å². The molecule has 0 radical (unpaired) electrons. The van der Waals surface area contributed by atoms with E-state index in [1.165, 1.54) is 0 Å². The number of benzene rings is 1. The Hall–Kier alpha value is -1.51. The van der Waals surface area contributed by atoms with E-state index >= 15 is 0 Å². The van der Waals surface area contributed by atoms with E-state index in [-0.39, 0.29) is 17.4 Å². The van der Waals surface area contributed by atoms with Crippen LogP contribution in [0.15, 0.2) is 18.2 Å². The molecule has 3 rings (SSSR count). The number of nitrogens with one attached hydrogen (secondary N) is 2. The van der Waals surface area contributed by atoms with Crippen molar-refractivity contribution in [3.8, 4) is 0 Å². The van der Waals surface area contributed by atoms with Crippen molar-refractivity contribution in [1.29, 1.82) is 0 Å². The number of fused-ring (bicyclic) bond motifs is 2. The first-order valence-electron chi connectivity index (χ1n) is 6.29. The van der Waals surface area contributed by atoms with Gasteiger partial charge < -0.3 is 10.6 Å². The fourth-order valence-corrected chi connectivity index (χ4v) is 3.07. The van der Waals surface area contributed by atoms with Crippen molar-refractivity contribution in [1.82, 2.24) is 0 Å². The number of rotatable bonds is 0. The molecule has 3 nitrogen and oxygen atoms in total. The zero-order chi connectivity index (χ0) is 12.0. The molecule has 2 atom stereocenters. The van der Waals surface area contributed by atoms with Crippen LogP contribution in [0, 0.1) is 12.3 Å². The average Bonchev–Trinajstić information content (AvgIpc) is 2.62. The molecule has 1 aromatic rings. The lowest BCUT2D eigenvalue weighted by atomic mass is 9.84. The zero-order valence-electron chi connectivity index (χ0n) is 10.3. The van der Waals surface area contributed by atoms with E-state index < -0.39 is 0 Å². The quantitative estimate of drug-likeness (QED) is 0.719. The first-order chi connectivity index (χ1) is 8.11. The van der Waals surface area contributed by atoms with Crippen LogP contribution >= 0.6 is 0 Å².